The fourth-order valence-corrected chi connectivity index (χ4v) is 3.22. The number of carbonyl (C=O) groups excluding carboxylic acids is 1. The van der Waals surface area contributed by atoms with Crippen LogP contribution in [-0.4, -0.2) is 32.1 Å². The number of aliphatic hydroxyl groups is 1. The molecule has 0 heterocycles. The maximum absolute atomic E-state index is 13.1. The van der Waals surface area contributed by atoms with Gasteiger partial charge in [0.1, 0.15) is 5.82 Å². The van der Waals surface area contributed by atoms with Crippen molar-refractivity contribution in [2.45, 2.75) is 17.9 Å². The maximum Gasteiger partial charge on any atom is 0.261 e. The number of carbonyl (C=O) groups is 1. The predicted octanol–water partition coefficient (Wildman–Crippen LogP) is 2.39. The first-order chi connectivity index (χ1) is 11.7. The van der Waals surface area contributed by atoms with Crippen LogP contribution in [0.2, 0.25) is 5.02 Å². The van der Waals surface area contributed by atoms with E-state index in [2.05, 4.69) is 10.0 Å². The van der Waals surface area contributed by atoms with E-state index in [0.717, 1.165) is 18.2 Å². The van der Waals surface area contributed by atoms with E-state index in [4.69, 9.17) is 16.7 Å². The van der Waals surface area contributed by atoms with E-state index in [-0.39, 0.29) is 28.1 Å². The largest absolute Gasteiger partial charge is 0.392 e. The Kier molecular flexibility index (Phi) is 5.99. The van der Waals surface area contributed by atoms with Crippen LogP contribution in [0.3, 0.4) is 0 Å². The number of anilines is 1. The number of aliphatic hydroxyl groups excluding tert-OH is 1. The molecule has 134 valence electrons. The summed E-state index contributed by atoms with van der Waals surface area (Å²) >= 11 is 5.60. The summed E-state index contributed by atoms with van der Waals surface area (Å²) in [5.41, 5.74) is 0.543. The molecule has 25 heavy (non-hydrogen) atoms. The summed E-state index contributed by atoms with van der Waals surface area (Å²) in [6.07, 6.45) is -0.669. The van der Waals surface area contributed by atoms with Crippen LogP contribution in [0.4, 0.5) is 10.1 Å². The minimum Gasteiger partial charge on any atom is -0.392 e. The molecule has 0 saturated carbocycles. The maximum atomic E-state index is 13.1. The van der Waals surface area contributed by atoms with Crippen LogP contribution in [0, 0.1) is 5.82 Å². The number of sulfonamides is 1. The molecule has 0 fully saturated rings. The monoisotopic (exact) mass is 386 g/mol. The molecule has 3 N–H and O–H groups in total. The van der Waals surface area contributed by atoms with Crippen LogP contribution in [0.5, 0.6) is 0 Å². The van der Waals surface area contributed by atoms with E-state index in [1.807, 2.05) is 0 Å². The Morgan fingerprint density at radius 3 is 2.44 bits per heavy atom. The van der Waals surface area contributed by atoms with Gasteiger partial charge in [0.15, 0.2) is 0 Å². The highest BCUT2D eigenvalue weighted by Gasteiger charge is 2.16. The smallest absolute Gasteiger partial charge is 0.261 e. The average Bonchev–Trinajstić information content (AvgIpc) is 2.55. The lowest BCUT2D eigenvalue weighted by molar-refractivity contribution is 0.0924. The van der Waals surface area contributed by atoms with Crippen LogP contribution < -0.4 is 10.0 Å². The molecule has 0 aliphatic heterocycles. The molecule has 2 aromatic carbocycles. The van der Waals surface area contributed by atoms with Gasteiger partial charge in [0.05, 0.1) is 16.0 Å². The highest BCUT2D eigenvalue weighted by Crippen LogP contribution is 2.22. The standard InChI is InChI=1S/C16H16ClFN2O4S/c1-10(21)9-19-16(22)11-2-4-12(5-3-11)20-25(23,24)13-6-7-15(18)14(17)8-13/h2-8,10,20-21H,9H2,1H3,(H,19,22). The van der Waals surface area contributed by atoms with Gasteiger partial charge < -0.3 is 10.4 Å². The van der Waals surface area contributed by atoms with E-state index in [0.29, 0.717) is 5.56 Å². The minimum absolute atomic E-state index is 0.110. The van der Waals surface area contributed by atoms with E-state index >= 15 is 0 Å². The van der Waals surface area contributed by atoms with Crippen LogP contribution >= 0.6 is 11.6 Å². The second kappa shape index (κ2) is 7.81. The molecule has 0 aliphatic rings. The molecule has 1 amide bonds. The average molecular weight is 387 g/mol. The summed E-state index contributed by atoms with van der Waals surface area (Å²) in [6, 6.07) is 8.78. The van der Waals surface area contributed by atoms with Gasteiger partial charge in [-0.25, -0.2) is 12.8 Å². The van der Waals surface area contributed by atoms with Crippen LogP contribution in [-0.2, 0) is 10.0 Å². The lowest BCUT2D eigenvalue weighted by Gasteiger charge is -2.10. The molecule has 0 radical (unpaired) electrons. The van der Waals surface area contributed by atoms with Crippen molar-refractivity contribution < 1.29 is 22.7 Å². The lowest BCUT2D eigenvalue weighted by atomic mass is 10.2. The Labute approximate surface area is 149 Å². The number of benzene rings is 2. The molecule has 0 saturated heterocycles. The molecule has 1 atom stereocenters. The molecule has 0 spiro atoms. The zero-order chi connectivity index (χ0) is 18.6. The first-order valence-electron chi connectivity index (χ1n) is 7.23. The molecule has 2 rings (SSSR count). The third-order valence-corrected chi connectivity index (χ3v) is 4.83. The Hall–Kier alpha value is -2.16. The van der Waals surface area contributed by atoms with E-state index in [1.54, 1.807) is 6.92 Å². The third-order valence-electron chi connectivity index (χ3n) is 3.16. The zero-order valence-corrected chi connectivity index (χ0v) is 14.7. The number of hydrogen-bond acceptors (Lipinski definition) is 4. The normalized spacial score (nSPS) is 12.5. The molecule has 0 aliphatic carbocycles. The Bertz CT molecular complexity index is 870. The Morgan fingerprint density at radius 2 is 1.88 bits per heavy atom. The van der Waals surface area contributed by atoms with Crippen molar-refractivity contribution in [2.75, 3.05) is 11.3 Å². The van der Waals surface area contributed by atoms with Crippen molar-refractivity contribution in [2.24, 2.45) is 0 Å². The SMILES string of the molecule is CC(O)CNC(=O)c1ccc(NS(=O)(=O)c2ccc(F)c(Cl)c2)cc1. The summed E-state index contributed by atoms with van der Waals surface area (Å²) in [5.74, 6) is -1.10. The summed E-state index contributed by atoms with van der Waals surface area (Å²) in [4.78, 5) is 11.6. The number of rotatable bonds is 6. The molecule has 2 aromatic rings. The number of nitrogens with one attached hydrogen (secondary N) is 2. The quantitative estimate of drug-likeness (QED) is 0.710. The molecular weight excluding hydrogens is 371 g/mol. The number of hydrogen-bond donors (Lipinski definition) is 3. The van der Waals surface area contributed by atoms with E-state index in [9.17, 15) is 17.6 Å². The summed E-state index contributed by atoms with van der Waals surface area (Å²) in [5, 5.41) is 11.4. The van der Waals surface area contributed by atoms with Crippen LogP contribution in [0.1, 0.15) is 17.3 Å². The second-order valence-electron chi connectivity index (χ2n) is 5.32. The lowest BCUT2D eigenvalue weighted by Crippen LogP contribution is -2.30. The highest BCUT2D eigenvalue weighted by molar-refractivity contribution is 7.92. The van der Waals surface area contributed by atoms with Crippen molar-refractivity contribution >= 4 is 33.2 Å². The van der Waals surface area contributed by atoms with Gasteiger partial charge in [-0.2, -0.15) is 0 Å². The summed E-state index contributed by atoms with van der Waals surface area (Å²) in [6.45, 7) is 1.65. The molecule has 1 unspecified atom stereocenters. The Balaban J connectivity index is 2.12. The zero-order valence-electron chi connectivity index (χ0n) is 13.2. The van der Waals surface area contributed by atoms with Gasteiger partial charge in [-0.15, -0.1) is 0 Å². The van der Waals surface area contributed by atoms with Gasteiger partial charge in [-0.05, 0) is 49.4 Å². The van der Waals surface area contributed by atoms with Crippen molar-refractivity contribution in [3.63, 3.8) is 0 Å². The molecular formula is C16H16ClFN2O4S. The minimum atomic E-state index is -3.94. The highest BCUT2D eigenvalue weighted by atomic mass is 35.5. The van der Waals surface area contributed by atoms with E-state index < -0.39 is 21.9 Å². The third kappa shape index (κ3) is 5.15. The predicted molar refractivity (Wildman–Crippen MR) is 92.7 cm³/mol. The van der Waals surface area contributed by atoms with Gasteiger partial charge >= 0.3 is 0 Å². The topological polar surface area (TPSA) is 95.5 Å². The molecule has 6 nitrogen and oxygen atoms in total. The summed E-state index contributed by atoms with van der Waals surface area (Å²) < 4.78 is 40.0. The number of halogens is 2. The second-order valence-corrected chi connectivity index (χ2v) is 7.41. The van der Waals surface area contributed by atoms with Crippen LogP contribution in [0.25, 0.3) is 0 Å². The fraction of sp³-hybridized carbons (Fsp3) is 0.188. The number of amides is 1. The van der Waals surface area contributed by atoms with Crippen molar-refractivity contribution in [3.8, 4) is 0 Å². The van der Waals surface area contributed by atoms with Gasteiger partial charge in [-0.1, -0.05) is 11.6 Å². The van der Waals surface area contributed by atoms with Crippen LogP contribution in [0.15, 0.2) is 47.4 Å². The van der Waals surface area contributed by atoms with Gasteiger partial charge in [-0.3, -0.25) is 9.52 Å². The Morgan fingerprint density at radius 1 is 1.24 bits per heavy atom. The molecule has 0 aromatic heterocycles. The first kappa shape index (κ1) is 19.2. The van der Waals surface area contributed by atoms with Crippen molar-refractivity contribution in [3.05, 3.63) is 58.9 Å². The summed E-state index contributed by atoms with van der Waals surface area (Å²) in [7, 11) is -3.94. The first-order valence-corrected chi connectivity index (χ1v) is 9.09. The van der Waals surface area contributed by atoms with Gasteiger partial charge in [0.25, 0.3) is 15.9 Å². The molecule has 0 bridgehead atoms. The van der Waals surface area contributed by atoms with Crippen molar-refractivity contribution in [1.82, 2.24) is 5.32 Å². The van der Waals surface area contributed by atoms with E-state index in [1.165, 1.54) is 24.3 Å². The molecule has 9 heteroatoms. The van der Waals surface area contributed by atoms with Gasteiger partial charge in [0, 0.05) is 17.8 Å². The van der Waals surface area contributed by atoms with Crippen molar-refractivity contribution in [1.29, 1.82) is 0 Å². The fourth-order valence-electron chi connectivity index (χ4n) is 1.89. The van der Waals surface area contributed by atoms with Gasteiger partial charge in [0.2, 0.25) is 0 Å².